The molecule has 0 radical (unpaired) electrons. The summed E-state index contributed by atoms with van der Waals surface area (Å²) in [7, 11) is 0. The number of para-hydroxylation sites is 1. The number of hydrogen-bond donors (Lipinski definition) is 2. The summed E-state index contributed by atoms with van der Waals surface area (Å²) in [5, 5.41) is 14.4. The number of halogens is 1. The van der Waals surface area contributed by atoms with Gasteiger partial charge in [0.25, 0.3) is 0 Å². The molecule has 1 aromatic heterocycles. The highest BCUT2D eigenvalue weighted by Gasteiger charge is 2.13. The number of aliphatic hydroxyl groups excluding tert-OH is 1. The first-order valence-electron chi connectivity index (χ1n) is 6.14. The molecule has 1 atom stereocenters. The second-order valence-corrected chi connectivity index (χ2v) is 5.14. The summed E-state index contributed by atoms with van der Waals surface area (Å²) in [6.07, 6.45) is -0.345. The van der Waals surface area contributed by atoms with Crippen molar-refractivity contribution in [2.24, 2.45) is 5.92 Å². The number of aliphatic hydroxyl groups is 1. The molecule has 0 aliphatic rings. The third kappa shape index (κ3) is 2.86. The Morgan fingerprint density at radius 1 is 1.33 bits per heavy atom. The zero-order chi connectivity index (χ0) is 13.1. The van der Waals surface area contributed by atoms with Gasteiger partial charge in [-0.1, -0.05) is 32.0 Å². The summed E-state index contributed by atoms with van der Waals surface area (Å²) < 4.78 is 5.47. The molecule has 0 saturated heterocycles. The predicted octanol–water partition coefficient (Wildman–Crippen LogP) is 3.19. The third-order valence-corrected chi connectivity index (χ3v) is 3.38. The maximum absolute atomic E-state index is 9.72. The maximum atomic E-state index is 9.72. The molecule has 0 fully saturated rings. The SMILES string of the molecule is CC(C)C(O)CNCc1c(Cl)oc2ccccc12. The smallest absolute Gasteiger partial charge is 0.199 e. The van der Waals surface area contributed by atoms with Gasteiger partial charge in [-0.3, -0.25) is 0 Å². The standard InChI is InChI=1S/C14H18ClNO2/c1-9(2)12(17)8-16-7-11-10-5-3-4-6-13(10)18-14(11)15/h3-6,9,12,16-17H,7-8H2,1-2H3. The minimum Gasteiger partial charge on any atom is -0.444 e. The van der Waals surface area contributed by atoms with E-state index in [1.54, 1.807) is 0 Å². The number of fused-ring (bicyclic) bond motifs is 1. The fourth-order valence-corrected chi connectivity index (χ4v) is 2.07. The van der Waals surface area contributed by atoms with Gasteiger partial charge in [0.2, 0.25) is 0 Å². The normalized spacial score (nSPS) is 13.4. The summed E-state index contributed by atoms with van der Waals surface area (Å²) in [5.41, 5.74) is 1.74. The first kappa shape index (κ1) is 13.4. The molecule has 1 heterocycles. The largest absolute Gasteiger partial charge is 0.444 e. The van der Waals surface area contributed by atoms with E-state index in [4.69, 9.17) is 16.0 Å². The van der Waals surface area contributed by atoms with Gasteiger partial charge in [-0.15, -0.1) is 0 Å². The van der Waals surface area contributed by atoms with Crippen molar-refractivity contribution in [1.82, 2.24) is 5.32 Å². The maximum Gasteiger partial charge on any atom is 0.199 e. The average molecular weight is 268 g/mol. The van der Waals surface area contributed by atoms with Crippen molar-refractivity contribution in [3.05, 3.63) is 35.0 Å². The van der Waals surface area contributed by atoms with E-state index in [0.29, 0.717) is 18.3 Å². The van der Waals surface area contributed by atoms with E-state index in [-0.39, 0.29) is 12.0 Å². The van der Waals surface area contributed by atoms with E-state index in [2.05, 4.69) is 5.32 Å². The Labute approximate surface area is 112 Å². The molecule has 2 aromatic rings. The number of rotatable bonds is 5. The molecule has 1 aromatic carbocycles. The van der Waals surface area contributed by atoms with Crippen LogP contribution in [0.15, 0.2) is 28.7 Å². The van der Waals surface area contributed by atoms with Gasteiger partial charge >= 0.3 is 0 Å². The minimum absolute atomic E-state index is 0.245. The van der Waals surface area contributed by atoms with Crippen LogP contribution in [0.1, 0.15) is 19.4 Å². The van der Waals surface area contributed by atoms with Gasteiger partial charge in [0.15, 0.2) is 5.22 Å². The highest BCUT2D eigenvalue weighted by Crippen LogP contribution is 2.29. The van der Waals surface area contributed by atoms with E-state index in [9.17, 15) is 5.11 Å². The lowest BCUT2D eigenvalue weighted by atomic mass is 10.1. The van der Waals surface area contributed by atoms with Crippen LogP contribution < -0.4 is 5.32 Å². The highest BCUT2D eigenvalue weighted by atomic mass is 35.5. The number of nitrogens with one attached hydrogen (secondary N) is 1. The summed E-state index contributed by atoms with van der Waals surface area (Å²) in [6.45, 7) is 5.13. The van der Waals surface area contributed by atoms with Gasteiger partial charge in [-0.25, -0.2) is 0 Å². The van der Waals surface area contributed by atoms with Crippen molar-refractivity contribution in [2.75, 3.05) is 6.54 Å². The van der Waals surface area contributed by atoms with Crippen molar-refractivity contribution < 1.29 is 9.52 Å². The molecule has 18 heavy (non-hydrogen) atoms. The van der Waals surface area contributed by atoms with Crippen molar-refractivity contribution in [3.63, 3.8) is 0 Å². The molecular formula is C14H18ClNO2. The molecule has 3 nitrogen and oxygen atoms in total. The Bertz CT molecular complexity index is 521. The molecule has 0 amide bonds. The molecule has 98 valence electrons. The lowest BCUT2D eigenvalue weighted by Crippen LogP contribution is -2.30. The fourth-order valence-electron chi connectivity index (χ4n) is 1.81. The highest BCUT2D eigenvalue weighted by molar-refractivity contribution is 6.30. The van der Waals surface area contributed by atoms with Crippen LogP contribution in [0.3, 0.4) is 0 Å². The fraction of sp³-hybridized carbons (Fsp3) is 0.429. The van der Waals surface area contributed by atoms with Gasteiger partial charge < -0.3 is 14.8 Å². The van der Waals surface area contributed by atoms with Crippen LogP contribution in [0.25, 0.3) is 11.0 Å². The molecule has 2 rings (SSSR count). The van der Waals surface area contributed by atoms with Gasteiger partial charge in [-0.2, -0.15) is 0 Å². The number of benzene rings is 1. The van der Waals surface area contributed by atoms with Crippen molar-refractivity contribution in [3.8, 4) is 0 Å². The summed E-state index contributed by atoms with van der Waals surface area (Å²) in [4.78, 5) is 0. The Morgan fingerprint density at radius 3 is 2.78 bits per heavy atom. The molecule has 1 unspecified atom stereocenters. The van der Waals surface area contributed by atoms with Crippen LogP contribution in [0, 0.1) is 5.92 Å². The predicted molar refractivity (Wildman–Crippen MR) is 73.8 cm³/mol. The molecule has 0 saturated carbocycles. The van der Waals surface area contributed by atoms with Crippen molar-refractivity contribution in [2.45, 2.75) is 26.5 Å². The van der Waals surface area contributed by atoms with Gasteiger partial charge in [-0.05, 0) is 23.6 Å². The second kappa shape index (κ2) is 5.74. The minimum atomic E-state index is -0.345. The van der Waals surface area contributed by atoms with Gasteiger partial charge in [0.05, 0.1) is 6.10 Å². The number of hydrogen-bond acceptors (Lipinski definition) is 3. The molecule has 0 aliphatic heterocycles. The zero-order valence-corrected chi connectivity index (χ0v) is 11.4. The lowest BCUT2D eigenvalue weighted by molar-refractivity contribution is 0.123. The molecule has 0 spiro atoms. The average Bonchev–Trinajstić information content (AvgIpc) is 2.65. The molecule has 0 bridgehead atoms. The van der Waals surface area contributed by atoms with E-state index >= 15 is 0 Å². The van der Waals surface area contributed by atoms with E-state index in [1.165, 1.54) is 0 Å². The summed E-state index contributed by atoms with van der Waals surface area (Å²) in [6, 6.07) is 7.76. The van der Waals surface area contributed by atoms with Crippen LogP contribution in [0.5, 0.6) is 0 Å². The second-order valence-electron chi connectivity index (χ2n) is 4.79. The van der Waals surface area contributed by atoms with Crippen molar-refractivity contribution >= 4 is 22.6 Å². The van der Waals surface area contributed by atoms with Gasteiger partial charge in [0.1, 0.15) is 5.58 Å². The van der Waals surface area contributed by atoms with Crippen LogP contribution in [-0.2, 0) is 6.54 Å². The first-order chi connectivity index (χ1) is 8.59. The lowest BCUT2D eigenvalue weighted by Gasteiger charge is -2.14. The van der Waals surface area contributed by atoms with Crippen molar-refractivity contribution in [1.29, 1.82) is 0 Å². The van der Waals surface area contributed by atoms with E-state index in [0.717, 1.165) is 16.5 Å². The Kier molecular flexibility index (Phi) is 4.27. The van der Waals surface area contributed by atoms with Crippen LogP contribution in [0.4, 0.5) is 0 Å². The topological polar surface area (TPSA) is 45.4 Å². The summed E-state index contributed by atoms with van der Waals surface area (Å²) >= 11 is 6.08. The number of furan rings is 1. The third-order valence-electron chi connectivity index (χ3n) is 3.07. The molecule has 4 heteroatoms. The van der Waals surface area contributed by atoms with E-state index in [1.807, 2.05) is 38.1 Å². The molecular weight excluding hydrogens is 250 g/mol. The monoisotopic (exact) mass is 267 g/mol. The molecule has 0 aliphatic carbocycles. The summed E-state index contributed by atoms with van der Waals surface area (Å²) in [5.74, 6) is 0.245. The Morgan fingerprint density at radius 2 is 2.06 bits per heavy atom. The molecule has 2 N–H and O–H groups in total. The Hall–Kier alpha value is -1.03. The zero-order valence-electron chi connectivity index (χ0n) is 10.6. The van der Waals surface area contributed by atoms with Crippen LogP contribution >= 0.6 is 11.6 Å². The quantitative estimate of drug-likeness (QED) is 0.875. The Balaban J connectivity index is 2.05. The van der Waals surface area contributed by atoms with Crippen LogP contribution in [-0.4, -0.2) is 17.8 Å². The first-order valence-corrected chi connectivity index (χ1v) is 6.52. The van der Waals surface area contributed by atoms with E-state index < -0.39 is 0 Å². The van der Waals surface area contributed by atoms with Gasteiger partial charge in [0, 0.05) is 24.0 Å². The van der Waals surface area contributed by atoms with Crippen LogP contribution in [0.2, 0.25) is 5.22 Å².